The zero-order valence-electron chi connectivity index (χ0n) is 16.5. The third-order valence-corrected chi connectivity index (χ3v) is 4.84. The molecule has 2 aromatic carbocycles. The molecule has 0 saturated heterocycles. The second kappa shape index (κ2) is 9.53. The lowest BCUT2D eigenvalue weighted by molar-refractivity contribution is -0.123. The average Bonchev–Trinajstić information content (AvgIpc) is 3.25. The van der Waals surface area contributed by atoms with Crippen molar-refractivity contribution in [2.45, 2.75) is 13.0 Å². The average molecular weight is 442 g/mol. The standard InChI is InChI=1S/C22H20ClN3O5/c23-16-4-2-15(3-5-16)18-7-9-22(28)26(25-18)11-1-10-24-21(27)13-29-17-6-8-19-20(12-17)31-14-30-19/h2-9,12H,1,10-11,13-14H2,(H,24,27). The lowest BCUT2D eigenvalue weighted by Crippen LogP contribution is -2.31. The quantitative estimate of drug-likeness (QED) is 0.540. The van der Waals surface area contributed by atoms with Gasteiger partial charge in [-0.2, -0.15) is 5.10 Å². The number of halogens is 1. The van der Waals surface area contributed by atoms with Gasteiger partial charge in [0.15, 0.2) is 18.1 Å². The summed E-state index contributed by atoms with van der Waals surface area (Å²) >= 11 is 5.92. The van der Waals surface area contributed by atoms with E-state index in [1.807, 2.05) is 12.1 Å². The minimum atomic E-state index is -0.257. The van der Waals surface area contributed by atoms with E-state index < -0.39 is 0 Å². The Morgan fingerprint density at radius 3 is 2.74 bits per heavy atom. The highest BCUT2D eigenvalue weighted by Crippen LogP contribution is 2.35. The van der Waals surface area contributed by atoms with Crippen LogP contribution in [-0.4, -0.2) is 35.6 Å². The Hall–Kier alpha value is -3.52. The maximum Gasteiger partial charge on any atom is 0.266 e. The van der Waals surface area contributed by atoms with Crippen molar-refractivity contribution in [1.29, 1.82) is 0 Å². The zero-order valence-corrected chi connectivity index (χ0v) is 17.3. The van der Waals surface area contributed by atoms with Crippen LogP contribution in [0.15, 0.2) is 59.4 Å². The molecule has 0 spiro atoms. The van der Waals surface area contributed by atoms with E-state index in [1.54, 1.807) is 36.4 Å². The summed E-state index contributed by atoms with van der Waals surface area (Å²) < 4.78 is 17.4. The number of carbonyl (C=O) groups is 1. The van der Waals surface area contributed by atoms with Gasteiger partial charge in [-0.05, 0) is 36.8 Å². The highest BCUT2D eigenvalue weighted by molar-refractivity contribution is 6.30. The second-order valence-electron chi connectivity index (χ2n) is 6.79. The maximum absolute atomic E-state index is 12.1. The molecular formula is C22H20ClN3O5. The molecule has 1 aliphatic rings. The minimum Gasteiger partial charge on any atom is -0.484 e. The summed E-state index contributed by atoms with van der Waals surface area (Å²) in [6.07, 6.45) is 0.548. The SMILES string of the molecule is O=C(COc1ccc2c(c1)OCO2)NCCCn1nc(-c2ccc(Cl)cc2)ccc1=O. The molecule has 0 bridgehead atoms. The third-order valence-electron chi connectivity index (χ3n) is 4.59. The molecule has 2 heterocycles. The number of nitrogens with one attached hydrogen (secondary N) is 1. The minimum absolute atomic E-state index is 0.121. The first-order chi connectivity index (χ1) is 15.1. The number of aromatic nitrogens is 2. The highest BCUT2D eigenvalue weighted by Gasteiger charge is 2.14. The van der Waals surface area contributed by atoms with E-state index in [0.29, 0.717) is 47.5 Å². The Kier molecular flexibility index (Phi) is 6.37. The van der Waals surface area contributed by atoms with Crippen LogP contribution in [0.4, 0.5) is 0 Å². The number of rotatable bonds is 8. The van der Waals surface area contributed by atoms with E-state index >= 15 is 0 Å². The van der Waals surface area contributed by atoms with Gasteiger partial charge < -0.3 is 19.5 Å². The maximum atomic E-state index is 12.1. The van der Waals surface area contributed by atoms with Crippen LogP contribution >= 0.6 is 11.6 Å². The summed E-state index contributed by atoms with van der Waals surface area (Å²) in [7, 11) is 0. The van der Waals surface area contributed by atoms with E-state index in [-0.39, 0.29) is 24.9 Å². The van der Waals surface area contributed by atoms with E-state index in [0.717, 1.165) is 5.56 Å². The molecule has 1 aromatic heterocycles. The van der Waals surface area contributed by atoms with Crippen molar-refractivity contribution >= 4 is 17.5 Å². The predicted molar refractivity (Wildman–Crippen MR) is 115 cm³/mol. The fourth-order valence-corrected chi connectivity index (χ4v) is 3.13. The number of carbonyl (C=O) groups excluding carboxylic acids is 1. The van der Waals surface area contributed by atoms with Crippen LogP contribution in [0.1, 0.15) is 6.42 Å². The third kappa shape index (κ3) is 5.35. The van der Waals surface area contributed by atoms with E-state index in [4.69, 9.17) is 25.8 Å². The Balaban J connectivity index is 1.24. The van der Waals surface area contributed by atoms with Crippen molar-refractivity contribution in [1.82, 2.24) is 15.1 Å². The summed E-state index contributed by atoms with van der Waals surface area (Å²) in [6, 6.07) is 15.5. The van der Waals surface area contributed by atoms with E-state index in [1.165, 1.54) is 10.7 Å². The number of nitrogens with zero attached hydrogens (tertiary/aromatic N) is 2. The van der Waals surface area contributed by atoms with Gasteiger partial charge in [-0.15, -0.1) is 0 Å². The second-order valence-corrected chi connectivity index (χ2v) is 7.23. The predicted octanol–water partition coefficient (Wildman–Crippen LogP) is 2.88. The molecule has 9 heteroatoms. The Bertz CT molecular complexity index is 1130. The van der Waals surface area contributed by atoms with E-state index in [9.17, 15) is 9.59 Å². The molecule has 1 aliphatic heterocycles. The van der Waals surface area contributed by atoms with Gasteiger partial charge in [-0.25, -0.2) is 4.68 Å². The van der Waals surface area contributed by atoms with Crippen molar-refractivity contribution in [3.63, 3.8) is 0 Å². The first-order valence-corrected chi connectivity index (χ1v) is 10.1. The first-order valence-electron chi connectivity index (χ1n) is 9.72. The van der Waals surface area contributed by atoms with Crippen LogP contribution in [0, 0.1) is 0 Å². The molecule has 160 valence electrons. The Morgan fingerprint density at radius 2 is 1.90 bits per heavy atom. The molecule has 0 aliphatic carbocycles. The van der Waals surface area contributed by atoms with Crippen LogP contribution in [0.2, 0.25) is 5.02 Å². The summed E-state index contributed by atoms with van der Waals surface area (Å²) in [5, 5.41) is 7.80. The van der Waals surface area contributed by atoms with Gasteiger partial charge in [0.05, 0.1) is 5.69 Å². The van der Waals surface area contributed by atoms with Gasteiger partial charge in [0.1, 0.15) is 5.75 Å². The lowest BCUT2D eigenvalue weighted by atomic mass is 10.1. The molecule has 4 rings (SSSR count). The summed E-state index contributed by atoms with van der Waals surface area (Å²) in [5.74, 6) is 1.51. The molecule has 1 amide bonds. The van der Waals surface area contributed by atoms with Crippen LogP contribution in [0.25, 0.3) is 11.3 Å². The normalized spacial score (nSPS) is 11.9. The van der Waals surface area contributed by atoms with Crippen molar-refractivity contribution < 1.29 is 19.0 Å². The number of fused-ring (bicyclic) bond motifs is 1. The summed E-state index contributed by atoms with van der Waals surface area (Å²) in [6.45, 7) is 0.829. The van der Waals surface area contributed by atoms with Gasteiger partial charge in [0.25, 0.3) is 11.5 Å². The molecular weight excluding hydrogens is 422 g/mol. The molecule has 0 saturated carbocycles. The molecule has 0 unspecified atom stereocenters. The molecule has 3 aromatic rings. The molecule has 0 radical (unpaired) electrons. The fourth-order valence-electron chi connectivity index (χ4n) is 3.01. The van der Waals surface area contributed by atoms with Gasteiger partial charge in [0, 0.05) is 35.8 Å². The van der Waals surface area contributed by atoms with E-state index in [2.05, 4.69) is 10.4 Å². The van der Waals surface area contributed by atoms with Crippen LogP contribution in [0.5, 0.6) is 17.2 Å². The topological polar surface area (TPSA) is 91.7 Å². The zero-order chi connectivity index (χ0) is 21.6. The smallest absolute Gasteiger partial charge is 0.266 e. The monoisotopic (exact) mass is 441 g/mol. The number of aryl methyl sites for hydroxylation is 1. The number of benzene rings is 2. The first kappa shape index (κ1) is 20.7. The molecule has 1 N–H and O–H groups in total. The summed E-state index contributed by atoms with van der Waals surface area (Å²) in [5.41, 5.74) is 1.35. The number of hydrogen-bond acceptors (Lipinski definition) is 6. The lowest BCUT2D eigenvalue weighted by Gasteiger charge is -2.09. The van der Waals surface area contributed by atoms with Crippen molar-refractivity contribution in [3.05, 3.63) is 70.0 Å². The van der Waals surface area contributed by atoms with Crippen LogP contribution < -0.4 is 25.1 Å². The molecule has 31 heavy (non-hydrogen) atoms. The van der Waals surface area contributed by atoms with Gasteiger partial charge in [-0.3, -0.25) is 9.59 Å². The fraction of sp³-hybridized carbons (Fsp3) is 0.227. The Morgan fingerprint density at radius 1 is 1.10 bits per heavy atom. The van der Waals surface area contributed by atoms with Gasteiger partial charge in [0.2, 0.25) is 6.79 Å². The Labute approximate surface area is 183 Å². The highest BCUT2D eigenvalue weighted by atomic mass is 35.5. The molecule has 0 atom stereocenters. The number of ether oxygens (including phenoxy) is 3. The molecule has 8 nitrogen and oxygen atoms in total. The van der Waals surface area contributed by atoms with Crippen molar-refractivity contribution in [2.24, 2.45) is 0 Å². The van der Waals surface area contributed by atoms with Crippen molar-refractivity contribution in [3.8, 4) is 28.5 Å². The molecule has 0 fully saturated rings. The van der Waals surface area contributed by atoms with Gasteiger partial charge >= 0.3 is 0 Å². The van der Waals surface area contributed by atoms with Crippen LogP contribution in [0.3, 0.4) is 0 Å². The number of hydrogen-bond donors (Lipinski definition) is 1. The van der Waals surface area contributed by atoms with Crippen LogP contribution in [-0.2, 0) is 11.3 Å². The summed E-state index contributed by atoms with van der Waals surface area (Å²) in [4.78, 5) is 24.1. The van der Waals surface area contributed by atoms with Crippen molar-refractivity contribution in [2.75, 3.05) is 19.9 Å². The largest absolute Gasteiger partial charge is 0.484 e. The van der Waals surface area contributed by atoms with Gasteiger partial charge in [-0.1, -0.05) is 23.7 Å². The number of amides is 1.